The second-order valence-electron chi connectivity index (χ2n) is 7.30. The van der Waals surface area contributed by atoms with Crippen LogP contribution in [0.1, 0.15) is 44.7 Å². The van der Waals surface area contributed by atoms with E-state index in [-0.39, 0.29) is 17.4 Å². The highest BCUT2D eigenvalue weighted by Gasteiger charge is 2.36. The van der Waals surface area contributed by atoms with Crippen molar-refractivity contribution in [1.29, 1.82) is 0 Å². The smallest absolute Gasteiger partial charge is 0.136 e. The lowest BCUT2D eigenvalue weighted by atomic mass is 9.87. The number of ether oxygens (including phenoxy) is 2. The Balaban J connectivity index is 0.00000136. The molecule has 0 aromatic heterocycles. The van der Waals surface area contributed by atoms with Crippen molar-refractivity contribution in [2.75, 3.05) is 13.2 Å². The first-order valence-corrected chi connectivity index (χ1v) is 10.2. The Morgan fingerprint density at radius 3 is 2.04 bits per heavy atom. The average molecular weight is 384 g/mol. The van der Waals surface area contributed by atoms with Crippen LogP contribution < -0.4 is 5.32 Å². The van der Waals surface area contributed by atoms with Gasteiger partial charge in [-0.15, -0.1) is 0 Å². The zero-order valence-corrected chi connectivity index (χ0v) is 17.3. The Hall–Kier alpha value is -2.01. The van der Waals surface area contributed by atoms with Gasteiger partial charge in [0.15, 0.2) is 0 Å². The Morgan fingerprint density at radius 1 is 0.929 bits per heavy atom. The molecule has 3 rings (SSSR count). The second-order valence-corrected chi connectivity index (χ2v) is 7.30. The summed E-state index contributed by atoms with van der Waals surface area (Å²) >= 11 is 0. The molecule has 1 heterocycles. The lowest BCUT2D eigenvalue weighted by Crippen LogP contribution is -2.58. The standard InChI is InChI=1S/C22H27NO3.C2H6/c1-22(17-26-15-19-10-6-3-7-11-19)13-21(24)12-20(23-22)16-25-14-18-8-4-2-5-9-18;1-2/h2-11,20,23H,12-17H2,1H3;1-2H3. The molecule has 2 aromatic rings. The first-order chi connectivity index (χ1) is 13.6. The number of Topliss-reactive ketones (excluding diaryl/α,β-unsaturated/α-hetero) is 1. The fourth-order valence-corrected chi connectivity index (χ4v) is 3.43. The van der Waals surface area contributed by atoms with Crippen LogP contribution >= 0.6 is 0 Å². The first kappa shape index (κ1) is 22.3. The third-order valence-electron chi connectivity index (χ3n) is 4.58. The zero-order chi connectivity index (χ0) is 20.2. The monoisotopic (exact) mass is 383 g/mol. The van der Waals surface area contributed by atoms with Crippen LogP contribution in [0.3, 0.4) is 0 Å². The van der Waals surface area contributed by atoms with Gasteiger partial charge in [0, 0.05) is 24.4 Å². The van der Waals surface area contributed by atoms with Crippen molar-refractivity contribution in [1.82, 2.24) is 5.32 Å². The molecule has 1 saturated heterocycles. The predicted octanol–water partition coefficient (Wildman–Crippen LogP) is 4.53. The minimum Gasteiger partial charge on any atom is -0.375 e. The summed E-state index contributed by atoms with van der Waals surface area (Å²) in [6.07, 6.45) is 1.01. The molecule has 2 aromatic carbocycles. The largest absolute Gasteiger partial charge is 0.375 e. The molecule has 1 fully saturated rings. The summed E-state index contributed by atoms with van der Waals surface area (Å²) in [5.74, 6) is 0.267. The van der Waals surface area contributed by atoms with Crippen LogP contribution in [0, 0.1) is 0 Å². The molecular formula is C24H33NO3. The van der Waals surface area contributed by atoms with Crippen LogP contribution in [0.25, 0.3) is 0 Å². The van der Waals surface area contributed by atoms with Crippen molar-refractivity contribution >= 4 is 5.78 Å². The van der Waals surface area contributed by atoms with Gasteiger partial charge in [0.05, 0.1) is 26.4 Å². The van der Waals surface area contributed by atoms with Gasteiger partial charge >= 0.3 is 0 Å². The number of carbonyl (C=O) groups excluding carboxylic acids is 1. The summed E-state index contributed by atoms with van der Waals surface area (Å²) in [6, 6.07) is 20.2. The molecule has 0 bridgehead atoms. The van der Waals surface area contributed by atoms with Gasteiger partial charge in [-0.2, -0.15) is 0 Å². The van der Waals surface area contributed by atoms with Crippen molar-refractivity contribution in [3.63, 3.8) is 0 Å². The number of piperidine rings is 1. The van der Waals surface area contributed by atoms with Crippen LogP contribution in [0.4, 0.5) is 0 Å². The van der Waals surface area contributed by atoms with E-state index in [1.165, 1.54) is 0 Å². The molecule has 1 N–H and O–H groups in total. The maximum Gasteiger partial charge on any atom is 0.136 e. The molecule has 152 valence electrons. The van der Waals surface area contributed by atoms with E-state index in [2.05, 4.69) is 12.2 Å². The number of nitrogens with one attached hydrogen (secondary N) is 1. The van der Waals surface area contributed by atoms with Crippen LogP contribution in [-0.2, 0) is 27.5 Å². The Labute approximate surface area is 169 Å². The van der Waals surface area contributed by atoms with Gasteiger partial charge in [-0.1, -0.05) is 74.5 Å². The predicted molar refractivity (Wildman–Crippen MR) is 113 cm³/mol. The van der Waals surface area contributed by atoms with E-state index >= 15 is 0 Å². The van der Waals surface area contributed by atoms with E-state index < -0.39 is 0 Å². The number of hydrogen-bond donors (Lipinski definition) is 1. The van der Waals surface area contributed by atoms with E-state index in [0.29, 0.717) is 39.3 Å². The highest BCUT2D eigenvalue weighted by atomic mass is 16.5. The van der Waals surface area contributed by atoms with E-state index in [9.17, 15) is 4.79 Å². The average Bonchev–Trinajstić information content (AvgIpc) is 2.70. The second kappa shape index (κ2) is 11.7. The summed E-state index contributed by atoms with van der Waals surface area (Å²) in [7, 11) is 0. The number of rotatable bonds is 8. The lowest BCUT2D eigenvalue weighted by molar-refractivity contribution is -0.125. The van der Waals surface area contributed by atoms with Crippen molar-refractivity contribution in [2.45, 2.75) is 58.4 Å². The van der Waals surface area contributed by atoms with Gasteiger partial charge in [-0.25, -0.2) is 0 Å². The number of carbonyl (C=O) groups is 1. The molecule has 0 amide bonds. The minimum atomic E-state index is -0.342. The molecule has 4 nitrogen and oxygen atoms in total. The maximum absolute atomic E-state index is 12.2. The third kappa shape index (κ3) is 7.55. The van der Waals surface area contributed by atoms with Crippen LogP contribution in [0.5, 0.6) is 0 Å². The molecule has 0 radical (unpaired) electrons. The van der Waals surface area contributed by atoms with Gasteiger partial charge < -0.3 is 14.8 Å². The van der Waals surface area contributed by atoms with E-state index in [0.717, 1.165) is 11.1 Å². The summed E-state index contributed by atoms with van der Waals surface area (Å²) in [4.78, 5) is 12.2. The van der Waals surface area contributed by atoms with E-state index in [1.54, 1.807) is 0 Å². The summed E-state index contributed by atoms with van der Waals surface area (Å²) in [6.45, 7) is 8.20. The Morgan fingerprint density at radius 2 is 1.46 bits per heavy atom. The maximum atomic E-state index is 12.2. The van der Waals surface area contributed by atoms with Crippen molar-refractivity contribution < 1.29 is 14.3 Å². The van der Waals surface area contributed by atoms with Gasteiger partial charge in [-0.3, -0.25) is 4.79 Å². The summed E-state index contributed by atoms with van der Waals surface area (Å²) in [5.41, 5.74) is 1.94. The third-order valence-corrected chi connectivity index (χ3v) is 4.58. The highest BCUT2D eigenvalue weighted by molar-refractivity contribution is 5.81. The molecule has 0 spiro atoms. The molecule has 0 saturated carbocycles. The summed E-state index contributed by atoms with van der Waals surface area (Å²) < 4.78 is 11.7. The van der Waals surface area contributed by atoms with Gasteiger partial charge in [-0.05, 0) is 18.1 Å². The highest BCUT2D eigenvalue weighted by Crippen LogP contribution is 2.21. The van der Waals surface area contributed by atoms with Crippen LogP contribution in [0.2, 0.25) is 0 Å². The molecule has 1 aliphatic heterocycles. The van der Waals surface area contributed by atoms with E-state index in [4.69, 9.17) is 9.47 Å². The van der Waals surface area contributed by atoms with E-state index in [1.807, 2.05) is 74.5 Å². The van der Waals surface area contributed by atoms with Gasteiger partial charge in [0.1, 0.15) is 5.78 Å². The van der Waals surface area contributed by atoms with Crippen molar-refractivity contribution in [2.24, 2.45) is 0 Å². The van der Waals surface area contributed by atoms with Crippen LogP contribution in [0.15, 0.2) is 60.7 Å². The SMILES string of the molecule is CC.CC1(COCc2ccccc2)CC(=O)CC(COCc2ccccc2)N1. The van der Waals surface area contributed by atoms with Crippen molar-refractivity contribution in [3.8, 4) is 0 Å². The van der Waals surface area contributed by atoms with Gasteiger partial charge in [0.2, 0.25) is 0 Å². The normalized spacial score (nSPS) is 21.7. The molecule has 4 heteroatoms. The fraction of sp³-hybridized carbons (Fsp3) is 0.458. The van der Waals surface area contributed by atoms with Crippen molar-refractivity contribution in [3.05, 3.63) is 71.8 Å². The lowest BCUT2D eigenvalue weighted by Gasteiger charge is -2.38. The number of ketones is 1. The first-order valence-electron chi connectivity index (χ1n) is 10.2. The number of hydrogen-bond acceptors (Lipinski definition) is 4. The molecule has 2 atom stereocenters. The summed E-state index contributed by atoms with van der Waals surface area (Å²) in [5, 5.41) is 3.56. The zero-order valence-electron chi connectivity index (χ0n) is 17.3. The fourth-order valence-electron chi connectivity index (χ4n) is 3.43. The topological polar surface area (TPSA) is 47.6 Å². The molecule has 1 aliphatic rings. The molecule has 0 aliphatic carbocycles. The van der Waals surface area contributed by atoms with Crippen LogP contribution in [-0.4, -0.2) is 30.6 Å². The molecular weight excluding hydrogens is 350 g/mol. The Kier molecular flexibility index (Phi) is 9.35. The number of benzene rings is 2. The van der Waals surface area contributed by atoms with Gasteiger partial charge in [0.25, 0.3) is 0 Å². The molecule has 2 unspecified atom stereocenters. The minimum absolute atomic E-state index is 0.0327. The Bertz CT molecular complexity index is 690. The quantitative estimate of drug-likeness (QED) is 0.728. The molecule has 28 heavy (non-hydrogen) atoms.